The van der Waals surface area contributed by atoms with Crippen LogP contribution in [0.2, 0.25) is 0 Å². The summed E-state index contributed by atoms with van der Waals surface area (Å²) in [5, 5.41) is 3.65. The van der Waals surface area contributed by atoms with E-state index in [2.05, 4.69) is 9.88 Å². The molecule has 1 fully saturated rings. The lowest BCUT2D eigenvalue weighted by Gasteiger charge is -2.36. The highest BCUT2D eigenvalue weighted by molar-refractivity contribution is 7.89. The van der Waals surface area contributed by atoms with Gasteiger partial charge in [0.2, 0.25) is 15.9 Å². The quantitative estimate of drug-likeness (QED) is 0.770. The Morgan fingerprint density at radius 2 is 1.66 bits per heavy atom. The molecule has 1 atom stereocenters. The Labute approximate surface area is 169 Å². The molecule has 3 rings (SSSR count). The number of rotatable bonds is 5. The molecule has 2 heterocycles. The fourth-order valence-corrected chi connectivity index (χ4v) is 4.89. The van der Waals surface area contributed by atoms with Gasteiger partial charge in [-0.1, -0.05) is 23.4 Å². The molecule has 1 aromatic carbocycles. The van der Waals surface area contributed by atoms with E-state index in [0.717, 1.165) is 0 Å². The smallest absolute Gasteiger partial charge is 0.253 e. The predicted octanol–water partition coefficient (Wildman–Crippen LogP) is 0.943. The molecule has 156 valence electrons. The van der Waals surface area contributed by atoms with Crippen LogP contribution in [0.4, 0.5) is 0 Å². The summed E-state index contributed by atoms with van der Waals surface area (Å²) >= 11 is 0. The molecule has 10 heteroatoms. The van der Waals surface area contributed by atoms with Gasteiger partial charge in [0, 0.05) is 31.7 Å². The van der Waals surface area contributed by atoms with Crippen molar-refractivity contribution in [2.24, 2.45) is 0 Å². The van der Waals surface area contributed by atoms with Gasteiger partial charge in [-0.05, 0) is 32.9 Å². The zero-order valence-corrected chi connectivity index (χ0v) is 17.4. The van der Waals surface area contributed by atoms with E-state index in [9.17, 15) is 18.0 Å². The van der Waals surface area contributed by atoms with Crippen LogP contribution in [-0.2, 0) is 14.8 Å². The molecule has 0 bridgehead atoms. The topological polar surface area (TPSA) is 113 Å². The van der Waals surface area contributed by atoms with Crippen LogP contribution in [0.25, 0.3) is 0 Å². The number of sulfonamides is 1. The van der Waals surface area contributed by atoms with Crippen molar-refractivity contribution >= 4 is 21.8 Å². The van der Waals surface area contributed by atoms with Crippen LogP contribution in [0.5, 0.6) is 0 Å². The van der Waals surface area contributed by atoms with Gasteiger partial charge in [-0.3, -0.25) is 9.59 Å². The highest BCUT2D eigenvalue weighted by Gasteiger charge is 2.32. The Morgan fingerprint density at radius 3 is 2.21 bits per heavy atom. The highest BCUT2D eigenvalue weighted by Crippen LogP contribution is 2.19. The van der Waals surface area contributed by atoms with Gasteiger partial charge in [-0.2, -0.15) is 4.72 Å². The first-order valence-corrected chi connectivity index (χ1v) is 10.8. The van der Waals surface area contributed by atoms with E-state index in [-0.39, 0.29) is 28.2 Å². The summed E-state index contributed by atoms with van der Waals surface area (Å²) < 4.78 is 32.5. The van der Waals surface area contributed by atoms with E-state index < -0.39 is 16.1 Å². The van der Waals surface area contributed by atoms with Crippen molar-refractivity contribution in [3.05, 3.63) is 47.3 Å². The number of benzene rings is 1. The predicted molar refractivity (Wildman–Crippen MR) is 105 cm³/mol. The summed E-state index contributed by atoms with van der Waals surface area (Å²) in [5.74, 6) is -0.250. The third kappa shape index (κ3) is 4.48. The van der Waals surface area contributed by atoms with Gasteiger partial charge in [-0.15, -0.1) is 0 Å². The molecule has 0 spiro atoms. The molecule has 1 N–H and O–H groups in total. The second-order valence-corrected chi connectivity index (χ2v) is 8.63. The Hall–Kier alpha value is -2.72. The largest absolute Gasteiger partial charge is 0.360 e. The van der Waals surface area contributed by atoms with Crippen LogP contribution in [0, 0.1) is 13.8 Å². The van der Waals surface area contributed by atoms with E-state index in [0.29, 0.717) is 31.7 Å². The minimum absolute atomic E-state index is 0.0459. The van der Waals surface area contributed by atoms with E-state index in [1.165, 1.54) is 20.8 Å². The molecule has 0 radical (unpaired) electrons. The van der Waals surface area contributed by atoms with Gasteiger partial charge in [0.15, 0.2) is 5.76 Å². The van der Waals surface area contributed by atoms with Crippen LogP contribution in [0.15, 0.2) is 39.8 Å². The van der Waals surface area contributed by atoms with Gasteiger partial charge >= 0.3 is 0 Å². The molecule has 1 aliphatic heterocycles. The third-order valence-electron chi connectivity index (χ3n) is 4.84. The fourth-order valence-electron chi connectivity index (χ4n) is 3.37. The molecule has 9 nitrogen and oxygen atoms in total. The zero-order chi connectivity index (χ0) is 21.2. The Bertz CT molecular complexity index is 975. The van der Waals surface area contributed by atoms with Crippen molar-refractivity contribution in [2.75, 3.05) is 26.2 Å². The van der Waals surface area contributed by atoms with Crippen molar-refractivity contribution in [1.29, 1.82) is 0 Å². The van der Waals surface area contributed by atoms with Crippen molar-refractivity contribution in [3.8, 4) is 0 Å². The monoisotopic (exact) mass is 420 g/mol. The molecule has 1 aromatic heterocycles. The zero-order valence-electron chi connectivity index (χ0n) is 16.6. The molecule has 0 saturated carbocycles. The number of nitrogens with one attached hydrogen (secondary N) is 1. The maximum absolute atomic E-state index is 12.7. The Kier molecular flexibility index (Phi) is 6.04. The molecule has 0 aliphatic carbocycles. The van der Waals surface area contributed by atoms with Gasteiger partial charge < -0.3 is 14.3 Å². The van der Waals surface area contributed by atoms with Crippen LogP contribution < -0.4 is 4.72 Å². The van der Waals surface area contributed by atoms with E-state index >= 15 is 0 Å². The first kappa shape index (κ1) is 21.0. The fraction of sp³-hybridized carbons (Fsp3) is 0.421. The minimum Gasteiger partial charge on any atom is -0.360 e. The number of carbonyl (C=O) groups is 2. The summed E-state index contributed by atoms with van der Waals surface area (Å²) in [4.78, 5) is 28.4. The second kappa shape index (κ2) is 8.34. The van der Waals surface area contributed by atoms with Crippen molar-refractivity contribution in [1.82, 2.24) is 19.7 Å². The molecular formula is C19H24N4O5S. The van der Waals surface area contributed by atoms with E-state index in [4.69, 9.17) is 4.52 Å². The maximum Gasteiger partial charge on any atom is 0.253 e. The summed E-state index contributed by atoms with van der Waals surface area (Å²) in [6.45, 7) is 6.00. The summed E-state index contributed by atoms with van der Waals surface area (Å²) in [6, 6.07) is 8.01. The lowest BCUT2D eigenvalue weighted by atomic mass is 10.1. The standard InChI is InChI=1S/C19H24N4O5S/c1-13-17(15(3)28-20-13)29(26,27)21-14(2)18(24)22-9-11-23(12-10-22)19(25)16-7-5-4-6-8-16/h4-8,14,21H,9-12H2,1-3H3/t14-/m0/s1. The van der Waals surface area contributed by atoms with E-state index in [1.54, 1.807) is 34.1 Å². The number of hydrogen-bond acceptors (Lipinski definition) is 6. The van der Waals surface area contributed by atoms with Gasteiger partial charge in [-0.25, -0.2) is 8.42 Å². The third-order valence-corrected chi connectivity index (χ3v) is 6.62. The number of aryl methyl sites for hydroxylation is 2. The number of carbonyl (C=O) groups excluding carboxylic acids is 2. The first-order chi connectivity index (χ1) is 13.7. The average molecular weight is 420 g/mol. The average Bonchev–Trinajstić information content (AvgIpc) is 3.06. The number of hydrogen-bond donors (Lipinski definition) is 1. The number of amides is 2. The molecule has 1 saturated heterocycles. The van der Waals surface area contributed by atoms with Gasteiger partial charge in [0.1, 0.15) is 10.6 Å². The van der Waals surface area contributed by atoms with Crippen LogP contribution in [0.3, 0.4) is 0 Å². The summed E-state index contributed by atoms with van der Waals surface area (Å²) in [6.07, 6.45) is 0. The van der Waals surface area contributed by atoms with Gasteiger partial charge in [0.05, 0.1) is 6.04 Å². The summed E-state index contributed by atoms with van der Waals surface area (Å²) in [7, 11) is -3.94. The number of aromatic nitrogens is 1. The van der Waals surface area contributed by atoms with Crippen LogP contribution >= 0.6 is 0 Å². The molecule has 2 aromatic rings. The molecule has 29 heavy (non-hydrogen) atoms. The lowest BCUT2D eigenvalue weighted by Crippen LogP contribution is -2.55. The Balaban J connectivity index is 1.60. The lowest BCUT2D eigenvalue weighted by molar-refractivity contribution is -0.134. The van der Waals surface area contributed by atoms with Crippen LogP contribution in [-0.4, -0.2) is 67.4 Å². The SMILES string of the molecule is Cc1noc(C)c1S(=O)(=O)N[C@@H](C)C(=O)N1CCN(C(=O)c2ccccc2)CC1. The minimum atomic E-state index is -3.94. The van der Waals surface area contributed by atoms with E-state index in [1.807, 2.05) is 6.07 Å². The maximum atomic E-state index is 12.7. The molecular weight excluding hydrogens is 396 g/mol. The first-order valence-electron chi connectivity index (χ1n) is 9.29. The number of nitrogens with zero attached hydrogens (tertiary/aromatic N) is 3. The van der Waals surface area contributed by atoms with Crippen molar-refractivity contribution < 1.29 is 22.5 Å². The van der Waals surface area contributed by atoms with Gasteiger partial charge in [0.25, 0.3) is 5.91 Å². The normalized spacial score (nSPS) is 16.0. The Morgan fingerprint density at radius 1 is 1.07 bits per heavy atom. The molecule has 0 unspecified atom stereocenters. The second-order valence-electron chi connectivity index (χ2n) is 6.98. The van der Waals surface area contributed by atoms with Crippen molar-refractivity contribution in [3.63, 3.8) is 0 Å². The molecule has 2 amide bonds. The molecule has 1 aliphatic rings. The summed E-state index contributed by atoms with van der Waals surface area (Å²) in [5.41, 5.74) is 0.843. The van der Waals surface area contributed by atoms with Crippen molar-refractivity contribution in [2.45, 2.75) is 31.7 Å². The number of piperazine rings is 1. The van der Waals surface area contributed by atoms with Crippen LogP contribution in [0.1, 0.15) is 28.7 Å². The highest BCUT2D eigenvalue weighted by atomic mass is 32.2.